The van der Waals surface area contributed by atoms with Crippen LogP contribution >= 0.6 is 0 Å². The summed E-state index contributed by atoms with van der Waals surface area (Å²) in [6, 6.07) is 11.8. The number of carboxylic acid groups (broad SMARTS) is 1. The largest absolute Gasteiger partial charge is 0.505 e. The number of furan rings is 1. The summed E-state index contributed by atoms with van der Waals surface area (Å²) < 4.78 is 4.98. The quantitative estimate of drug-likeness (QED) is 0.208. The number of nitrogens with zero attached hydrogens (tertiary/aromatic N) is 1. The van der Waals surface area contributed by atoms with Gasteiger partial charge in [0.1, 0.15) is 5.75 Å². The molecule has 3 aromatic rings. The third-order valence-electron chi connectivity index (χ3n) is 5.37. The number of rotatable bonds is 7. The number of amides is 1. The summed E-state index contributed by atoms with van der Waals surface area (Å²) in [5.41, 5.74) is 6.43. The predicted molar refractivity (Wildman–Crippen MR) is 124 cm³/mol. The fraction of sp³-hybridized carbons (Fsp3) is 0.167. The van der Waals surface area contributed by atoms with Gasteiger partial charge in [-0.05, 0) is 61.6 Å². The number of carbonyl (C=O) groups is 2. The SMILES string of the molecule is CC(=N)/C(=N/Nc1cccc(-c2coc(C(=O)O)c2)c1O)C(=O)Nc1ccc2c(c1)CCC2. The average molecular weight is 446 g/mol. The number of para-hydroxylation sites is 1. The number of carbonyl (C=O) groups excluding carboxylic acids is 1. The molecule has 0 bridgehead atoms. The molecule has 0 unspecified atom stereocenters. The number of anilines is 2. The molecular formula is C24H22N4O5. The standard InChI is InChI=1S/C24H22N4O5/c1-13(25)21(23(30)26-17-9-8-14-4-2-5-15(14)10-17)28-27-19-7-3-6-18(22(19)29)16-11-20(24(31)32)33-12-16/h3,6-12,25,27,29H,2,4-5H2,1H3,(H,26,30)(H,31,32)/b25-13?,28-21-. The van der Waals surface area contributed by atoms with Gasteiger partial charge in [0, 0.05) is 16.8 Å². The molecule has 0 fully saturated rings. The van der Waals surface area contributed by atoms with E-state index in [0.717, 1.165) is 19.3 Å². The van der Waals surface area contributed by atoms with E-state index in [1.54, 1.807) is 12.1 Å². The number of phenolic OH excluding ortho intramolecular Hbond substituents is 1. The maximum absolute atomic E-state index is 12.8. The number of aromatic carboxylic acids is 1. The van der Waals surface area contributed by atoms with Crippen LogP contribution in [-0.2, 0) is 17.6 Å². The van der Waals surface area contributed by atoms with E-state index in [1.165, 1.54) is 36.4 Å². The highest BCUT2D eigenvalue weighted by molar-refractivity contribution is 6.67. The highest BCUT2D eigenvalue weighted by atomic mass is 16.4. The van der Waals surface area contributed by atoms with Gasteiger partial charge in [-0.3, -0.25) is 10.2 Å². The van der Waals surface area contributed by atoms with Gasteiger partial charge in [0.25, 0.3) is 5.91 Å². The molecule has 0 aliphatic heterocycles. The zero-order valence-corrected chi connectivity index (χ0v) is 17.8. The van der Waals surface area contributed by atoms with Gasteiger partial charge in [-0.1, -0.05) is 18.2 Å². The number of hydrazone groups is 1. The first-order valence-electron chi connectivity index (χ1n) is 10.3. The summed E-state index contributed by atoms with van der Waals surface area (Å²) in [4.78, 5) is 23.8. The van der Waals surface area contributed by atoms with E-state index in [1.807, 2.05) is 18.2 Å². The fourth-order valence-electron chi connectivity index (χ4n) is 3.72. The molecule has 9 heteroatoms. The van der Waals surface area contributed by atoms with E-state index in [9.17, 15) is 14.7 Å². The van der Waals surface area contributed by atoms with Gasteiger partial charge in [0.2, 0.25) is 5.76 Å². The van der Waals surface area contributed by atoms with Crippen molar-refractivity contribution in [2.45, 2.75) is 26.2 Å². The molecule has 0 radical (unpaired) electrons. The molecule has 33 heavy (non-hydrogen) atoms. The van der Waals surface area contributed by atoms with Crippen LogP contribution in [0.4, 0.5) is 11.4 Å². The second kappa shape index (κ2) is 8.99. The molecule has 5 N–H and O–H groups in total. The number of phenols is 1. The van der Waals surface area contributed by atoms with Crippen molar-refractivity contribution in [3.63, 3.8) is 0 Å². The number of fused-ring (bicyclic) bond motifs is 1. The molecule has 1 aromatic heterocycles. The van der Waals surface area contributed by atoms with Gasteiger partial charge in [-0.15, -0.1) is 0 Å². The van der Waals surface area contributed by atoms with Crippen LogP contribution in [0.3, 0.4) is 0 Å². The number of aryl methyl sites for hydroxylation is 2. The van der Waals surface area contributed by atoms with Gasteiger partial charge in [0.15, 0.2) is 5.71 Å². The number of carboxylic acids is 1. The molecule has 0 spiro atoms. The summed E-state index contributed by atoms with van der Waals surface area (Å²) >= 11 is 0. The summed E-state index contributed by atoms with van der Waals surface area (Å²) in [5.74, 6) is -2.24. The van der Waals surface area contributed by atoms with E-state index in [0.29, 0.717) is 16.8 Å². The first-order valence-corrected chi connectivity index (χ1v) is 10.3. The van der Waals surface area contributed by atoms with Crippen molar-refractivity contribution in [1.82, 2.24) is 0 Å². The van der Waals surface area contributed by atoms with Crippen molar-refractivity contribution in [2.75, 3.05) is 10.7 Å². The Hall–Kier alpha value is -4.40. The average Bonchev–Trinajstić information content (AvgIpc) is 3.44. The van der Waals surface area contributed by atoms with E-state index in [4.69, 9.17) is 14.9 Å². The summed E-state index contributed by atoms with van der Waals surface area (Å²) in [7, 11) is 0. The van der Waals surface area contributed by atoms with Crippen molar-refractivity contribution in [3.05, 3.63) is 65.6 Å². The lowest BCUT2D eigenvalue weighted by molar-refractivity contribution is -0.110. The maximum atomic E-state index is 12.8. The Balaban J connectivity index is 1.54. The smallest absolute Gasteiger partial charge is 0.371 e. The Labute approximate surface area is 189 Å². The summed E-state index contributed by atoms with van der Waals surface area (Å²) in [6.07, 6.45) is 4.34. The lowest BCUT2D eigenvalue weighted by Gasteiger charge is -2.11. The Morgan fingerprint density at radius 1 is 1.12 bits per heavy atom. The van der Waals surface area contributed by atoms with Gasteiger partial charge in [0.05, 0.1) is 17.7 Å². The highest BCUT2D eigenvalue weighted by Gasteiger charge is 2.18. The second-order valence-electron chi connectivity index (χ2n) is 7.69. The molecule has 2 aromatic carbocycles. The van der Waals surface area contributed by atoms with Crippen molar-refractivity contribution >= 4 is 34.7 Å². The lowest BCUT2D eigenvalue weighted by atomic mass is 10.1. The van der Waals surface area contributed by atoms with Crippen LogP contribution in [0.1, 0.15) is 35.0 Å². The highest BCUT2D eigenvalue weighted by Crippen LogP contribution is 2.36. The van der Waals surface area contributed by atoms with Crippen molar-refractivity contribution in [2.24, 2.45) is 5.10 Å². The number of benzene rings is 2. The Bertz CT molecular complexity index is 1290. The molecule has 1 aliphatic rings. The predicted octanol–water partition coefficient (Wildman–Crippen LogP) is 4.29. The van der Waals surface area contributed by atoms with Crippen molar-refractivity contribution < 1.29 is 24.2 Å². The normalized spacial score (nSPS) is 12.8. The monoisotopic (exact) mass is 446 g/mol. The topological polar surface area (TPSA) is 148 Å². The molecular weight excluding hydrogens is 424 g/mol. The fourth-order valence-corrected chi connectivity index (χ4v) is 3.72. The van der Waals surface area contributed by atoms with Crippen molar-refractivity contribution in [1.29, 1.82) is 5.41 Å². The van der Waals surface area contributed by atoms with E-state index in [-0.39, 0.29) is 28.6 Å². The molecule has 1 amide bonds. The Morgan fingerprint density at radius 3 is 2.64 bits per heavy atom. The minimum atomic E-state index is -1.22. The molecule has 1 aliphatic carbocycles. The lowest BCUT2D eigenvalue weighted by Crippen LogP contribution is -2.29. The summed E-state index contributed by atoms with van der Waals surface area (Å²) in [6.45, 7) is 1.44. The molecule has 0 atom stereocenters. The number of aromatic hydroxyl groups is 1. The number of nitrogens with one attached hydrogen (secondary N) is 3. The summed E-state index contributed by atoms with van der Waals surface area (Å²) in [5, 5.41) is 34.4. The van der Waals surface area contributed by atoms with Crippen LogP contribution in [-0.4, -0.2) is 33.5 Å². The van der Waals surface area contributed by atoms with Crippen LogP contribution in [0, 0.1) is 5.41 Å². The van der Waals surface area contributed by atoms with Crippen LogP contribution < -0.4 is 10.7 Å². The Morgan fingerprint density at radius 2 is 1.91 bits per heavy atom. The molecule has 1 heterocycles. The number of hydrogen-bond acceptors (Lipinski definition) is 7. The Kier molecular flexibility index (Phi) is 5.95. The minimum absolute atomic E-state index is 0.0576. The number of hydrogen-bond donors (Lipinski definition) is 5. The molecule has 0 saturated carbocycles. The van der Waals surface area contributed by atoms with Gasteiger partial charge < -0.3 is 25.4 Å². The second-order valence-corrected chi connectivity index (χ2v) is 7.69. The van der Waals surface area contributed by atoms with Crippen LogP contribution in [0.5, 0.6) is 5.75 Å². The molecule has 0 saturated heterocycles. The maximum Gasteiger partial charge on any atom is 0.371 e. The van der Waals surface area contributed by atoms with Crippen LogP contribution in [0.15, 0.2) is 58.2 Å². The third-order valence-corrected chi connectivity index (χ3v) is 5.37. The zero-order valence-electron chi connectivity index (χ0n) is 17.8. The van der Waals surface area contributed by atoms with Crippen molar-refractivity contribution in [3.8, 4) is 16.9 Å². The van der Waals surface area contributed by atoms with E-state index >= 15 is 0 Å². The molecule has 4 rings (SSSR count). The third kappa shape index (κ3) is 4.62. The minimum Gasteiger partial charge on any atom is -0.505 e. The van der Waals surface area contributed by atoms with E-state index < -0.39 is 11.9 Å². The van der Waals surface area contributed by atoms with E-state index in [2.05, 4.69) is 15.8 Å². The zero-order chi connectivity index (χ0) is 23.5. The first kappa shape index (κ1) is 21.8. The van der Waals surface area contributed by atoms with Gasteiger partial charge in [-0.25, -0.2) is 4.79 Å². The van der Waals surface area contributed by atoms with Gasteiger partial charge in [-0.2, -0.15) is 5.10 Å². The van der Waals surface area contributed by atoms with Gasteiger partial charge >= 0.3 is 5.97 Å². The van der Waals surface area contributed by atoms with Crippen LogP contribution in [0.2, 0.25) is 0 Å². The van der Waals surface area contributed by atoms with Crippen LogP contribution in [0.25, 0.3) is 11.1 Å². The molecule has 168 valence electrons. The first-order chi connectivity index (χ1) is 15.8. The molecule has 9 nitrogen and oxygen atoms in total.